The minimum absolute atomic E-state index is 0.0688. The Morgan fingerprint density at radius 3 is 2.67 bits per heavy atom. The summed E-state index contributed by atoms with van der Waals surface area (Å²) in [5, 5.41) is 2.78. The van der Waals surface area contributed by atoms with Crippen LogP contribution in [-0.2, 0) is 16.0 Å². The van der Waals surface area contributed by atoms with Gasteiger partial charge in [-0.3, -0.25) is 9.59 Å². The molecule has 5 heteroatoms. The molecule has 1 aromatic rings. The Bertz CT molecular complexity index is 513. The van der Waals surface area contributed by atoms with Crippen LogP contribution in [0.4, 0.5) is 0 Å². The van der Waals surface area contributed by atoms with Gasteiger partial charge in [-0.2, -0.15) is 0 Å². The van der Waals surface area contributed by atoms with Crippen LogP contribution in [0.2, 0.25) is 0 Å². The van der Waals surface area contributed by atoms with Gasteiger partial charge in [-0.05, 0) is 36.5 Å². The number of primary amides is 1. The van der Waals surface area contributed by atoms with Crippen LogP contribution in [0, 0.1) is 5.92 Å². The van der Waals surface area contributed by atoms with Crippen LogP contribution in [0.15, 0.2) is 28.7 Å². The average molecular weight is 353 g/mol. The van der Waals surface area contributed by atoms with Gasteiger partial charge in [0.25, 0.3) is 0 Å². The quantitative estimate of drug-likeness (QED) is 0.825. The molecule has 0 bridgehead atoms. The van der Waals surface area contributed by atoms with E-state index < -0.39 is 11.9 Å². The highest BCUT2D eigenvalue weighted by atomic mass is 79.9. The molecule has 1 aliphatic carbocycles. The third-order valence-corrected chi connectivity index (χ3v) is 4.45. The van der Waals surface area contributed by atoms with Crippen LogP contribution in [0.25, 0.3) is 0 Å². The van der Waals surface area contributed by atoms with Crippen molar-refractivity contribution in [3.05, 3.63) is 34.3 Å². The van der Waals surface area contributed by atoms with E-state index in [1.165, 1.54) is 12.8 Å². The fraction of sp³-hybridized carbons (Fsp3) is 0.500. The first-order chi connectivity index (χ1) is 10.0. The second-order valence-electron chi connectivity index (χ2n) is 5.71. The molecular weight excluding hydrogens is 332 g/mol. The summed E-state index contributed by atoms with van der Waals surface area (Å²) < 4.78 is 0.945. The third kappa shape index (κ3) is 5.16. The molecule has 114 valence electrons. The molecule has 1 aliphatic rings. The van der Waals surface area contributed by atoms with E-state index in [0.717, 1.165) is 22.9 Å². The highest BCUT2D eigenvalue weighted by Crippen LogP contribution is 2.27. The topological polar surface area (TPSA) is 72.2 Å². The van der Waals surface area contributed by atoms with Gasteiger partial charge in [0.15, 0.2) is 0 Å². The van der Waals surface area contributed by atoms with E-state index >= 15 is 0 Å². The molecule has 0 radical (unpaired) electrons. The monoisotopic (exact) mass is 352 g/mol. The second-order valence-corrected chi connectivity index (χ2v) is 6.63. The standard InChI is InChI=1S/C16H21BrN2O2/c17-13-7-3-6-12(8-13)9-14(16(18)21)19-15(20)10-11-4-1-2-5-11/h3,6-8,11,14H,1-2,4-5,9-10H2,(H2,18,21)(H,19,20)/t14-/m1/s1. The van der Waals surface area contributed by atoms with Crippen molar-refractivity contribution in [2.45, 2.75) is 44.6 Å². The molecule has 1 aromatic carbocycles. The van der Waals surface area contributed by atoms with Crippen LogP contribution >= 0.6 is 15.9 Å². The number of carbonyl (C=O) groups excluding carboxylic acids is 2. The number of nitrogens with one attached hydrogen (secondary N) is 1. The zero-order chi connectivity index (χ0) is 15.2. The average Bonchev–Trinajstić information content (AvgIpc) is 2.90. The summed E-state index contributed by atoms with van der Waals surface area (Å²) in [7, 11) is 0. The highest BCUT2D eigenvalue weighted by molar-refractivity contribution is 9.10. The summed E-state index contributed by atoms with van der Waals surface area (Å²) in [5.74, 6) is -0.0974. The number of hydrogen-bond donors (Lipinski definition) is 2. The van der Waals surface area contributed by atoms with Crippen molar-refractivity contribution < 1.29 is 9.59 Å². The number of carbonyl (C=O) groups is 2. The lowest BCUT2D eigenvalue weighted by Gasteiger charge is -2.17. The predicted molar refractivity (Wildman–Crippen MR) is 85.5 cm³/mol. The highest BCUT2D eigenvalue weighted by Gasteiger charge is 2.22. The van der Waals surface area contributed by atoms with Crippen molar-refractivity contribution in [2.75, 3.05) is 0 Å². The second kappa shape index (κ2) is 7.59. The van der Waals surface area contributed by atoms with Gasteiger partial charge >= 0.3 is 0 Å². The van der Waals surface area contributed by atoms with E-state index in [2.05, 4.69) is 21.2 Å². The molecular formula is C16H21BrN2O2. The van der Waals surface area contributed by atoms with E-state index in [1.807, 2.05) is 24.3 Å². The zero-order valence-corrected chi connectivity index (χ0v) is 13.6. The molecule has 4 nitrogen and oxygen atoms in total. The number of rotatable bonds is 6. The maximum Gasteiger partial charge on any atom is 0.240 e. The maximum atomic E-state index is 12.0. The number of benzene rings is 1. The van der Waals surface area contributed by atoms with Gasteiger partial charge in [-0.25, -0.2) is 0 Å². The molecule has 0 aromatic heterocycles. The summed E-state index contributed by atoms with van der Waals surface area (Å²) >= 11 is 3.39. The van der Waals surface area contributed by atoms with Crippen LogP contribution in [0.1, 0.15) is 37.7 Å². The van der Waals surface area contributed by atoms with E-state index in [1.54, 1.807) is 0 Å². The van der Waals surface area contributed by atoms with Gasteiger partial charge in [-0.1, -0.05) is 40.9 Å². The number of halogens is 1. The Balaban J connectivity index is 1.92. The van der Waals surface area contributed by atoms with Gasteiger partial charge in [0.05, 0.1) is 0 Å². The third-order valence-electron chi connectivity index (χ3n) is 3.96. The van der Waals surface area contributed by atoms with E-state index in [0.29, 0.717) is 18.8 Å². The summed E-state index contributed by atoms with van der Waals surface area (Å²) in [6.07, 6.45) is 5.55. The molecule has 2 amide bonds. The van der Waals surface area contributed by atoms with Crippen molar-refractivity contribution in [1.29, 1.82) is 0 Å². The van der Waals surface area contributed by atoms with E-state index in [-0.39, 0.29) is 5.91 Å². The maximum absolute atomic E-state index is 12.0. The lowest BCUT2D eigenvalue weighted by molar-refractivity contribution is -0.127. The molecule has 21 heavy (non-hydrogen) atoms. The van der Waals surface area contributed by atoms with Crippen molar-refractivity contribution in [3.8, 4) is 0 Å². The number of amides is 2. The Kier molecular flexibility index (Phi) is 5.79. The number of nitrogens with two attached hydrogens (primary N) is 1. The lowest BCUT2D eigenvalue weighted by atomic mass is 10.0. The van der Waals surface area contributed by atoms with Crippen LogP contribution in [-0.4, -0.2) is 17.9 Å². The van der Waals surface area contributed by atoms with Crippen molar-refractivity contribution in [1.82, 2.24) is 5.32 Å². The zero-order valence-electron chi connectivity index (χ0n) is 12.0. The molecule has 1 atom stereocenters. The van der Waals surface area contributed by atoms with Gasteiger partial charge in [0, 0.05) is 17.3 Å². The first-order valence-electron chi connectivity index (χ1n) is 7.37. The van der Waals surface area contributed by atoms with Crippen LogP contribution in [0.5, 0.6) is 0 Å². The Morgan fingerprint density at radius 1 is 1.33 bits per heavy atom. The molecule has 3 N–H and O–H groups in total. The first kappa shape index (κ1) is 16.0. The van der Waals surface area contributed by atoms with E-state index in [9.17, 15) is 9.59 Å². The van der Waals surface area contributed by atoms with Crippen molar-refractivity contribution in [2.24, 2.45) is 11.7 Å². The van der Waals surface area contributed by atoms with E-state index in [4.69, 9.17) is 5.73 Å². The minimum Gasteiger partial charge on any atom is -0.368 e. The van der Waals surface area contributed by atoms with Gasteiger partial charge < -0.3 is 11.1 Å². The minimum atomic E-state index is -0.645. The Morgan fingerprint density at radius 2 is 2.05 bits per heavy atom. The summed E-state index contributed by atoms with van der Waals surface area (Å²) in [4.78, 5) is 23.6. The molecule has 0 unspecified atom stereocenters. The largest absolute Gasteiger partial charge is 0.368 e. The fourth-order valence-electron chi connectivity index (χ4n) is 2.85. The molecule has 0 saturated heterocycles. The summed E-state index contributed by atoms with van der Waals surface area (Å²) in [5.41, 5.74) is 6.38. The molecule has 0 spiro atoms. The molecule has 1 saturated carbocycles. The van der Waals surface area contributed by atoms with Crippen LogP contribution in [0.3, 0.4) is 0 Å². The van der Waals surface area contributed by atoms with Crippen LogP contribution < -0.4 is 11.1 Å². The predicted octanol–water partition coefficient (Wildman–Crippen LogP) is 2.54. The molecule has 1 fully saturated rings. The first-order valence-corrected chi connectivity index (χ1v) is 8.17. The molecule has 2 rings (SSSR count). The van der Waals surface area contributed by atoms with Crippen molar-refractivity contribution >= 4 is 27.7 Å². The Labute approximate surface area is 133 Å². The molecule has 0 heterocycles. The summed E-state index contributed by atoms with van der Waals surface area (Å²) in [6.45, 7) is 0. The van der Waals surface area contributed by atoms with Gasteiger partial charge in [0.1, 0.15) is 6.04 Å². The Hall–Kier alpha value is -1.36. The smallest absolute Gasteiger partial charge is 0.240 e. The van der Waals surface area contributed by atoms with Gasteiger partial charge in [-0.15, -0.1) is 0 Å². The fourth-order valence-corrected chi connectivity index (χ4v) is 3.30. The summed E-state index contributed by atoms with van der Waals surface area (Å²) in [6, 6.07) is 7.02. The molecule has 0 aliphatic heterocycles. The van der Waals surface area contributed by atoms with Gasteiger partial charge in [0.2, 0.25) is 11.8 Å². The van der Waals surface area contributed by atoms with Crippen molar-refractivity contribution in [3.63, 3.8) is 0 Å². The number of hydrogen-bond acceptors (Lipinski definition) is 2. The lowest BCUT2D eigenvalue weighted by Crippen LogP contribution is -2.46. The SMILES string of the molecule is NC(=O)[C@@H](Cc1cccc(Br)c1)NC(=O)CC1CCCC1. The normalized spacial score (nSPS) is 16.6.